The summed E-state index contributed by atoms with van der Waals surface area (Å²) in [5, 5.41) is 8.09. The van der Waals surface area contributed by atoms with Gasteiger partial charge in [0.2, 0.25) is 0 Å². The van der Waals surface area contributed by atoms with Crippen molar-refractivity contribution in [2.45, 2.75) is 39.7 Å². The van der Waals surface area contributed by atoms with Crippen LogP contribution < -0.4 is 5.32 Å². The van der Waals surface area contributed by atoms with Gasteiger partial charge >= 0.3 is 0 Å². The number of likely N-dealkylation sites (N-methyl/N-ethyl adjacent to an activating group) is 1. The van der Waals surface area contributed by atoms with E-state index in [-0.39, 0.29) is 6.04 Å². The summed E-state index contributed by atoms with van der Waals surface area (Å²) in [6, 6.07) is 6.66. The standard InChI is InChI=1S/C16H24N4/c1-5-13-10-14(20(4)19-13)11-16(17-6-2)15-8-7-9-18-12(15)3/h7-10,16-17H,5-6,11H2,1-4H3. The van der Waals surface area contributed by atoms with Crippen molar-refractivity contribution < 1.29 is 0 Å². The van der Waals surface area contributed by atoms with Crippen LogP contribution in [0, 0.1) is 6.92 Å². The van der Waals surface area contributed by atoms with Crippen molar-refractivity contribution in [1.82, 2.24) is 20.1 Å². The first kappa shape index (κ1) is 14.7. The van der Waals surface area contributed by atoms with E-state index in [1.165, 1.54) is 11.3 Å². The van der Waals surface area contributed by atoms with Crippen LogP contribution in [0.25, 0.3) is 0 Å². The normalized spacial score (nSPS) is 12.6. The van der Waals surface area contributed by atoms with E-state index in [1.807, 2.05) is 24.0 Å². The molecule has 0 bridgehead atoms. The molecule has 0 aliphatic heterocycles. The third-order valence-electron chi connectivity index (χ3n) is 3.68. The van der Waals surface area contributed by atoms with Gasteiger partial charge in [-0.2, -0.15) is 5.10 Å². The maximum Gasteiger partial charge on any atom is 0.0624 e. The fraction of sp³-hybridized carbons (Fsp3) is 0.500. The molecule has 2 aromatic heterocycles. The molecular formula is C16H24N4. The van der Waals surface area contributed by atoms with Gasteiger partial charge in [-0.1, -0.05) is 19.9 Å². The van der Waals surface area contributed by atoms with Gasteiger partial charge in [0, 0.05) is 37.1 Å². The molecule has 1 N–H and O–H groups in total. The topological polar surface area (TPSA) is 42.7 Å². The van der Waals surface area contributed by atoms with Gasteiger partial charge in [-0.3, -0.25) is 9.67 Å². The molecule has 108 valence electrons. The minimum Gasteiger partial charge on any atom is -0.310 e. The Morgan fingerprint density at radius 1 is 1.35 bits per heavy atom. The average molecular weight is 272 g/mol. The number of hydrogen-bond acceptors (Lipinski definition) is 3. The molecule has 0 aliphatic carbocycles. The van der Waals surface area contributed by atoms with Gasteiger partial charge in [-0.15, -0.1) is 0 Å². The zero-order chi connectivity index (χ0) is 14.5. The summed E-state index contributed by atoms with van der Waals surface area (Å²) in [5.74, 6) is 0. The first-order valence-electron chi connectivity index (χ1n) is 7.32. The highest BCUT2D eigenvalue weighted by molar-refractivity contribution is 5.25. The molecule has 0 radical (unpaired) electrons. The van der Waals surface area contributed by atoms with E-state index in [0.29, 0.717) is 0 Å². The Morgan fingerprint density at radius 2 is 2.15 bits per heavy atom. The third kappa shape index (κ3) is 3.25. The van der Waals surface area contributed by atoms with Gasteiger partial charge in [-0.05, 0) is 37.6 Å². The van der Waals surface area contributed by atoms with Crippen LogP contribution in [0.4, 0.5) is 0 Å². The average Bonchev–Trinajstić information content (AvgIpc) is 2.80. The van der Waals surface area contributed by atoms with Crippen LogP contribution in [0.5, 0.6) is 0 Å². The highest BCUT2D eigenvalue weighted by Crippen LogP contribution is 2.21. The second kappa shape index (κ2) is 6.66. The van der Waals surface area contributed by atoms with Gasteiger partial charge in [0.15, 0.2) is 0 Å². The fourth-order valence-electron chi connectivity index (χ4n) is 2.55. The van der Waals surface area contributed by atoms with Crippen molar-refractivity contribution in [3.63, 3.8) is 0 Å². The first-order valence-corrected chi connectivity index (χ1v) is 7.32. The molecule has 1 atom stereocenters. The molecule has 0 saturated heterocycles. The Morgan fingerprint density at radius 3 is 2.75 bits per heavy atom. The van der Waals surface area contributed by atoms with Gasteiger partial charge in [0.05, 0.1) is 5.69 Å². The van der Waals surface area contributed by atoms with Crippen molar-refractivity contribution in [3.05, 3.63) is 47.0 Å². The number of nitrogens with zero attached hydrogens (tertiary/aromatic N) is 3. The van der Waals surface area contributed by atoms with Crippen molar-refractivity contribution in [3.8, 4) is 0 Å². The summed E-state index contributed by atoms with van der Waals surface area (Å²) in [4.78, 5) is 4.41. The van der Waals surface area contributed by atoms with E-state index >= 15 is 0 Å². The van der Waals surface area contributed by atoms with E-state index in [2.05, 4.69) is 48.3 Å². The second-order valence-electron chi connectivity index (χ2n) is 5.10. The molecule has 20 heavy (non-hydrogen) atoms. The van der Waals surface area contributed by atoms with Crippen LogP contribution in [-0.2, 0) is 19.9 Å². The lowest BCUT2D eigenvalue weighted by Gasteiger charge is -2.19. The van der Waals surface area contributed by atoms with E-state index < -0.39 is 0 Å². The zero-order valence-electron chi connectivity index (χ0n) is 12.8. The predicted molar refractivity (Wildman–Crippen MR) is 81.7 cm³/mol. The Hall–Kier alpha value is -1.68. The van der Waals surface area contributed by atoms with Gasteiger partial charge in [-0.25, -0.2) is 0 Å². The minimum absolute atomic E-state index is 0.286. The first-order chi connectivity index (χ1) is 9.65. The molecule has 0 saturated carbocycles. The van der Waals surface area contributed by atoms with E-state index in [9.17, 15) is 0 Å². The highest BCUT2D eigenvalue weighted by atomic mass is 15.3. The lowest BCUT2D eigenvalue weighted by Crippen LogP contribution is -2.24. The molecule has 0 aliphatic rings. The Labute approximate surface area is 121 Å². The SMILES string of the molecule is CCNC(Cc1cc(CC)nn1C)c1cccnc1C. The minimum atomic E-state index is 0.286. The lowest BCUT2D eigenvalue weighted by atomic mass is 10.0. The third-order valence-corrected chi connectivity index (χ3v) is 3.68. The van der Waals surface area contributed by atoms with Crippen LogP contribution in [0.15, 0.2) is 24.4 Å². The van der Waals surface area contributed by atoms with Crippen molar-refractivity contribution in [1.29, 1.82) is 0 Å². The van der Waals surface area contributed by atoms with Crippen molar-refractivity contribution in [2.75, 3.05) is 6.54 Å². The van der Waals surface area contributed by atoms with Crippen LogP contribution in [0.2, 0.25) is 0 Å². The maximum absolute atomic E-state index is 4.53. The molecule has 0 aromatic carbocycles. The summed E-state index contributed by atoms with van der Waals surface area (Å²) in [7, 11) is 2.02. The molecule has 2 aromatic rings. The lowest BCUT2D eigenvalue weighted by molar-refractivity contribution is 0.524. The molecular weight excluding hydrogens is 248 g/mol. The van der Waals surface area contributed by atoms with E-state index in [4.69, 9.17) is 0 Å². The molecule has 2 rings (SSSR count). The largest absolute Gasteiger partial charge is 0.310 e. The molecule has 1 unspecified atom stereocenters. The van der Waals surface area contributed by atoms with Gasteiger partial charge in [0.25, 0.3) is 0 Å². The van der Waals surface area contributed by atoms with Crippen molar-refractivity contribution in [2.24, 2.45) is 7.05 Å². The molecule has 0 amide bonds. The summed E-state index contributed by atoms with van der Waals surface area (Å²) < 4.78 is 1.99. The Balaban J connectivity index is 2.25. The number of pyridine rings is 1. The number of hydrogen-bond donors (Lipinski definition) is 1. The molecule has 0 fully saturated rings. The van der Waals surface area contributed by atoms with E-state index in [1.54, 1.807) is 0 Å². The van der Waals surface area contributed by atoms with Crippen LogP contribution in [0.3, 0.4) is 0 Å². The quantitative estimate of drug-likeness (QED) is 0.879. The molecule has 4 nitrogen and oxygen atoms in total. The summed E-state index contributed by atoms with van der Waals surface area (Å²) in [6.45, 7) is 7.29. The van der Waals surface area contributed by atoms with Crippen LogP contribution in [-0.4, -0.2) is 21.3 Å². The summed E-state index contributed by atoms with van der Waals surface area (Å²) in [5.41, 5.74) is 4.78. The summed E-state index contributed by atoms with van der Waals surface area (Å²) in [6.07, 6.45) is 3.76. The second-order valence-corrected chi connectivity index (χ2v) is 5.10. The number of nitrogens with one attached hydrogen (secondary N) is 1. The van der Waals surface area contributed by atoms with Crippen LogP contribution >= 0.6 is 0 Å². The highest BCUT2D eigenvalue weighted by Gasteiger charge is 2.16. The van der Waals surface area contributed by atoms with Gasteiger partial charge < -0.3 is 5.32 Å². The van der Waals surface area contributed by atoms with Gasteiger partial charge in [0.1, 0.15) is 0 Å². The molecule has 2 heterocycles. The summed E-state index contributed by atoms with van der Waals surface area (Å²) >= 11 is 0. The number of aryl methyl sites for hydroxylation is 3. The predicted octanol–water partition coefficient (Wildman–Crippen LogP) is 2.58. The fourth-order valence-corrected chi connectivity index (χ4v) is 2.55. The molecule has 4 heteroatoms. The van der Waals surface area contributed by atoms with Crippen molar-refractivity contribution >= 4 is 0 Å². The molecule has 0 spiro atoms. The Bertz CT molecular complexity index is 559. The Kier molecular flexibility index (Phi) is 4.90. The number of aromatic nitrogens is 3. The maximum atomic E-state index is 4.53. The zero-order valence-corrected chi connectivity index (χ0v) is 12.8. The number of rotatable bonds is 6. The van der Waals surface area contributed by atoms with Crippen LogP contribution in [0.1, 0.15) is 42.5 Å². The van der Waals surface area contributed by atoms with E-state index in [0.717, 1.165) is 30.8 Å². The smallest absolute Gasteiger partial charge is 0.0624 e. The monoisotopic (exact) mass is 272 g/mol.